The number of hydrogen-bond donors (Lipinski definition) is 1. The van der Waals surface area contributed by atoms with Crippen LogP contribution >= 0.6 is 11.6 Å². The van der Waals surface area contributed by atoms with Crippen molar-refractivity contribution in [2.45, 2.75) is 24.2 Å². The molecule has 110 valence electrons. The maximum absolute atomic E-state index is 13.0. The van der Waals surface area contributed by atoms with E-state index in [1.165, 1.54) is 11.6 Å². The van der Waals surface area contributed by atoms with Crippen molar-refractivity contribution < 1.29 is 12.8 Å². The molecule has 0 amide bonds. The summed E-state index contributed by atoms with van der Waals surface area (Å²) in [5.74, 6) is -0.513. The van der Waals surface area contributed by atoms with Gasteiger partial charge in [-0.1, -0.05) is 17.7 Å². The highest BCUT2D eigenvalue weighted by Crippen LogP contribution is 2.28. The average molecular weight is 326 g/mol. The molecule has 0 spiro atoms. The van der Waals surface area contributed by atoms with Gasteiger partial charge in [0.05, 0.1) is 15.6 Å². The fourth-order valence-corrected chi connectivity index (χ4v) is 3.89. The summed E-state index contributed by atoms with van der Waals surface area (Å²) in [6.07, 6.45) is 2.94. The number of anilines is 1. The van der Waals surface area contributed by atoms with Crippen LogP contribution in [0, 0.1) is 5.82 Å². The smallest absolute Gasteiger partial charge is 0.261 e. The maximum atomic E-state index is 13.0. The first kappa shape index (κ1) is 14.4. The van der Waals surface area contributed by atoms with E-state index in [-0.39, 0.29) is 15.6 Å². The molecule has 3 rings (SSSR count). The zero-order valence-electron chi connectivity index (χ0n) is 11.1. The molecule has 0 unspecified atom stereocenters. The van der Waals surface area contributed by atoms with Gasteiger partial charge < -0.3 is 0 Å². The first-order chi connectivity index (χ1) is 9.95. The predicted molar refractivity (Wildman–Crippen MR) is 80.7 cm³/mol. The number of nitrogens with one attached hydrogen (secondary N) is 1. The van der Waals surface area contributed by atoms with Crippen LogP contribution in [0.2, 0.25) is 5.02 Å². The van der Waals surface area contributed by atoms with Crippen LogP contribution < -0.4 is 4.72 Å². The first-order valence-electron chi connectivity index (χ1n) is 6.55. The standard InChI is InChI=1S/C15H13ClFNO2S/c16-14-9-12(17)5-7-15(14)18-21(19,20)13-6-4-10-2-1-3-11(10)8-13/h4-9,18H,1-3H2. The molecule has 1 aliphatic carbocycles. The highest BCUT2D eigenvalue weighted by Gasteiger charge is 2.19. The van der Waals surface area contributed by atoms with Crippen molar-refractivity contribution in [1.29, 1.82) is 0 Å². The number of fused-ring (bicyclic) bond motifs is 1. The molecule has 0 bridgehead atoms. The molecule has 0 aromatic heterocycles. The third-order valence-corrected chi connectivity index (χ3v) is 5.23. The third kappa shape index (κ3) is 2.89. The molecular weight excluding hydrogens is 313 g/mol. The summed E-state index contributed by atoms with van der Waals surface area (Å²) in [6, 6.07) is 8.67. The van der Waals surface area contributed by atoms with E-state index in [1.807, 2.05) is 6.07 Å². The normalized spacial score (nSPS) is 14.0. The topological polar surface area (TPSA) is 46.2 Å². The lowest BCUT2D eigenvalue weighted by molar-refractivity contribution is 0.601. The molecule has 0 atom stereocenters. The van der Waals surface area contributed by atoms with E-state index in [9.17, 15) is 12.8 Å². The summed E-state index contributed by atoms with van der Waals surface area (Å²) in [4.78, 5) is 0.198. The predicted octanol–water partition coefficient (Wildman–Crippen LogP) is 3.77. The minimum absolute atomic E-state index is 0.0275. The fraction of sp³-hybridized carbons (Fsp3) is 0.200. The van der Waals surface area contributed by atoms with Crippen LogP contribution in [0.4, 0.5) is 10.1 Å². The molecule has 0 heterocycles. The van der Waals surface area contributed by atoms with Crippen molar-refractivity contribution in [2.75, 3.05) is 4.72 Å². The van der Waals surface area contributed by atoms with Crippen molar-refractivity contribution in [3.63, 3.8) is 0 Å². The summed E-state index contributed by atoms with van der Waals surface area (Å²) in [7, 11) is -3.73. The molecule has 0 radical (unpaired) electrons. The van der Waals surface area contributed by atoms with Gasteiger partial charge in [0.1, 0.15) is 5.82 Å². The Hall–Kier alpha value is -1.59. The Morgan fingerprint density at radius 2 is 1.81 bits per heavy atom. The van der Waals surface area contributed by atoms with Crippen LogP contribution in [-0.2, 0) is 22.9 Å². The summed E-state index contributed by atoms with van der Waals surface area (Å²) < 4.78 is 40.1. The molecule has 0 saturated carbocycles. The molecule has 1 N–H and O–H groups in total. The number of rotatable bonds is 3. The average Bonchev–Trinajstić information content (AvgIpc) is 2.89. The number of hydrogen-bond acceptors (Lipinski definition) is 2. The lowest BCUT2D eigenvalue weighted by atomic mass is 10.1. The number of sulfonamides is 1. The molecule has 2 aromatic rings. The Labute approximate surface area is 127 Å². The number of aryl methyl sites for hydroxylation is 2. The van der Waals surface area contributed by atoms with Crippen molar-refractivity contribution in [3.8, 4) is 0 Å². The third-order valence-electron chi connectivity index (χ3n) is 3.56. The van der Waals surface area contributed by atoms with Gasteiger partial charge in [-0.05, 0) is 60.7 Å². The quantitative estimate of drug-likeness (QED) is 0.933. The summed E-state index contributed by atoms with van der Waals surface area (Å²) >= 11 is 5.85. The molecule has 0 saturated heterocycles. The molecule has 3 nitrogen and oxygen atoms in total. The molecular formula is C15H13ClFNO2S. The van der Waals surface area contributed by atoms with E-state index in [4.69, 9.17) is 11.6 Å². The summed E-state index contributed by atoms with van der Waals surface area (Å²) in [6.45, 7) is 0. The zero-order chi connectivity index (χ0) is 15.0. The van der Waals surface area contributed by atoms with Gasteiger partial charge in [0.15, 0.2) is 0 Å². The lowest BCUT2D eigenvalue weighted by Gasteiger charge is -2.11. The van der Waals surface area contributed by atoms with Crippen LogP contribution in [0.15, 0.2) is 41.3 Å². The van der Waals surface area contributed by atoms with Gasteiger partial charge in [0, 0.05) is 0 Å². The Morgan fingerprint density at radius 3 is 2.57 bits per heavy atom. The van der Waals surface area contributed by atoms with Crippen molar-refractivity contribution in [3.05, 3.63) is 58.4 Å². The summed E-state index contributed by atoms with van der Waals surface area (Å²) in [5.41, 5.74) is 2.44. The molecule has 2 aromatic carbocycles. The van der Waals surface area contributed by atoms with Gasteiger partial charge in [0.2, 0.25) is 0 Å². The van der Waals surface area contributed by atoms with Gasteiger partial charge in [0.25, 0.3) is 10.0 Å². The maximum Gasteiger partial charge on any atom is 0.261 e. The van der Waals surface area contributed by atoms with Gasteiger partial charge in [-0.25, -0.2) is 12.8 Å². The van der Waals surface area contributed by atoms with Crippen LogP contribution in [-0.4, -0.2) is 8.42 Å². The van der Waals surface area contributed by atoms with E-state index in [0.29, 0.717) is 0 Å². The first-order valence-corrected chi connectivity index (χ1v) is 8.41. The second-order valence-electron chi connectivity index (χ2n) is 5.01. The van der Waals surface area contributed by atoms with Gasteiger partial charge in [-0.15, -0.1) is 0 Å². The van der Waals surface area contributed by atoms with Gasteiger partial charge in [-0.2, -0.15) is 0 Å². The molecule has 6 heteroatoms. The largest absolute Gasteiger partial charge is 0.278 e. The van der Waals surface area contributed by atoms with Crippen LogP contribution in [0.3, 0.4) is 0 Å². The molecule has 1 aliphatic rings. The fourth-order valence-electron chi connectivity index (χ4n) is 2.49. The SMILES string of the molecule is O=S(=O)(Nc1ccc(F)cc1Cl)c1ccc2c(c1)CCC2. The van der Waals surface area contributed by atoms with Crippen molar-refractivity contribution in [2.24, 2.45) is 0 Å². The number of benzene rings is 2. The Morgan fingerprint density at radius 1 is 1.05 bits per heavy atom. The lowest BCUT2D eigenvalue weighted by Crippen LogP contribution is -2.13. The van der Waals surface area contributed by atoms with Gasteiger partial charge in [-0.3, -0.25) is 4.72 Å². The zero-order valence-corrected chi connectivity index (χ0v) is 12.6. The Bertz CT molecular complexity index is 805. The van der Waals surface area contributed by atoms with Gasteiger partial charge >= 0.3 is 0 Å². The monoisotopic (exact) mass is 325 g/mol. The number of halogens is 2. The van der Waals surface area contributed by atoms with Crippen LogP contribution in [0.5, 0.6) is 0 Å². The minimum atomic E-state index is -3.73. The molecule has 21 heavy (non-hydrogen) atoms. The van der Waals surface area contributed by atoms with E-state index in [1.54, 1.807) is 12.1 Å². The van der Waals surface area contributed by atoms with Crippen LogP contribution in [0.25, 0.3) is 0 Å². The molecule has 0 fully saturated rings. The van der Waals surface area contributed by atoms with Crippen molar-refractivity contribution >= 4 is 27.3 Å². The minimum Gasteiger partial charge on any atom is -0.278 e. The molecule has 0 aliphatic heterocycles. The van der Waals surface area contributed by atoms with Crippen LogP contribution in [0.1, 0.15) is 17.5 Å². The second kappa shape index (κ2) is 5.31. The highest BCUT2D eigenvalue weighted by molar-refractivity contribution is 7.92. The Kier molecular flexibility index (Phi) is 3.63. The Balaban J connectivity index is 1.93. The van der Waals surface area contributed by atoms with Crippen molar-refractivity contribution in [1.82, 2.24) is 0 Å². The second-order valence-corrected chi connectivity index (χ2v) is 7.10. The summed E-state index contributed by atoms with van der Waals surface area (Å²) in [5, 5.41) is 0.0275. The highest BCUT2D eigenvalue weighted by atomic mass is 35.5. The van der Waals surface area contributed by atoms with E-state index >= 15 is 0 Å². The van der Waals surface area contributed by atoms with E-state index in [2.05, 4.69) is 4.72 Å². The van der Waals surface area contributed by atoms with E-state index < -0.39 is 15.8 Å². The van der Waals surface area contributed by atoms with E-state index in [0.717, 1.165) is 37.0 Å².